The molecule has 0 radical (unpaired) electrons. The van der Waals surface area contributed by atoms with Crippen molar-refractivity contribution >= 4 is 13.7 Å². The minimum atomic E-state index is -4.37. The number of nitrogens with one attached hydrogen (secondary N) is 1. The van der Waals surface area contributed by atoms with E-state index in [9.17, 15) is 19.4 Å². The van der Waals surface area contributed by atoms with E-state index in [0.29, 0.717) is 17.4 Å². The van der Waals surface area contributed by atoms with E-state index >= 15 is 0 Å². The number of aliphatic hydroxyl groups is 1. The molecular formula is C66H116N2O6P+. The number of unbranched alkanes of at least 4 members (excludes halogenated alkanes) is 23. The summed E-state index contributed by atoms with van der Waals surface area (Å²) >= 11 is 0. The Bertz CT molecular complexity index is 1630. The van der Waals surface area contributed by atoms with Crippen LogP contribution in [0.4, 0.5) is 0 Å². The zero-order valence-corrected chi connectivity index (χ0v) is 49.9. The zero-order valence-electron chi connectivity index (χ0n) is 49.0. The average Bonchev–Trinajstić information content (AvgIpc) is 3.37. The molecule has 0 spiro atoms. The number of phosphoric acid groups is 1. The van der Waals surface area contributed by atoms with Gasteiger partial charge in [-0.15, -0.1) is 0 Å². The highest BCUT2D eigenvalue weighted by atomic mass is 31.2. The van der Waals surface area contributed by atoms with Gasteiger partial charge in [0.2, 0.25) is 5.91 Å². The van der Waals surface area contributed by atoms with Gasteiger partial charge in [-0.2, -0.15) is 0 Å². The van der Waals surface area contributed by atoms with Crippen LogP contribution in [0.3, 0.4) is 0 Å². The summed E-state index contributed by atoms with van der Waals surface area (Å²) in [5.41, 5.74) is 0. The highest BCUT2D eigenvalue weighted by molar-refractivity contribution is 7.47. The molecule has 0 aromatic carbocycles. The molecule has 0 bridgehead atoms. The summed E-state index contributed by atoms with van der Waals surface area (Å²) in [5.74, 6) is -0.205. The predicted molar refractivity (Wildman–Crippen MR) is 327 cm³/mol. The fourth-order valence-electron chi connectivity index (χ4n) is 8.19. The van der Waals surface area contributed by atoms with Gasteiger partial charge in [0.1, 0.15) is 13.2 Å². The van der Waals surface area contributed by atoms with Crippen LogP contribution in [-0.2, 0) is 18.4 Å². The third-order valence-corrected chi connectivity index (χ3v) is 13.9. The number of nitrogens with zero attached hydrogens (tertiary/aromatic N) is 1. The van der Waals surface area contributed by atoms with Crippen molar-refractivity contribution in [3.8, 4) is 0 Å². The number of carbonyl (C=O) groups excluding carboxylic acids is 1. The summed E-state index contributed by atoms with van der Waals surface area (Å²) in [6, 6.07) is -0.882. The van der Waals surface area contributed by atoms with Gasteiger partial charge >= 0.3 is 7.82 Å². The van der Waals surface area contributed by atoms with E-state index in [1.807, 2.05) is 27.2 Å². The van der Waals surface area contributed by atoms with Crippen molar-refractivity contribution < 1.29 is 32.9 Å². The summed E-state index contributed by atoms with van der Waals surface area (Å²) in [4.78, 5) is 23.3. The van der Waals surface area contributed by atoms with Gasteiger partial charge in [-0.1, -0.05) is 257 Å². The molecule has 3 unspecified atom stereocenters. The Labute approximate surface area is 463 Å². The molecule has 3 atom stereocenters. The normalized spacial score (nSPS) is 14.7. The second-order valence-electron chi connectivity index (χ2n) is 21.3. The van der Waals surface area contributed by atoms with Crippen LogP contribution in [0.2, 0.25) is 0 Å². The maximum Gasteiger partial charge on any atom is 0.472 e. The first-order valence-electron chi connectivity index (χ1n) is 30.4. The van der Waals surface area contributed by atoms with Crippen LogP contribution in [0.5, 0.6) is 0 Å². The first-order chi connectivity index (χ1) is 36.5. The molecule has 430 valence electrons. The lowest BCUT2D eigenvalue weighted by Gasteiger charge is -2.25. The lowest BCUT2D eigenvalue weighted by molar-refractivity contribution is -0.870. The van der Waals surface area contributed by atoms with Gasteiger partial charge in [0.05, 0.1) is 39.9 Å². The molecule has 75 heavy (non-hydrogen) atoms. The number of quaternary nitrogens is 1. The molecule has 0 saturated heterocycles. The molecule has 0 saturated carbocycles. The molecule has 0 fully saturated rings. The third-order valence-electron chi connectivity index (χ3n) is 12.9. The topological polar surface area (TPSA) is 105 Å². The van der Waals surface area contributed by atoms with Crippen molar-refractivity contribution in [2.24, 2.45) is 0 Å². The Kier molecular flexibility index (Phi) is 53.3. The highest BCUT2D eigenvalue weighted by Gasteiger charge is 2.27. The monoisotopic (exact) mass is 1060 g/mol. The van der Waals surface area contributed by atoms with E-state index in [4.69, 9.17) is 9.05 Å². The molecule has 8 nitrogen and oxygen atoms in total. The number of amides is 1. The smallest absolute Gasteiger partial charge is 0.387 e. The zero-order chi connectivity index (χ0) is 54.9. The molecule has 0 heterocycles. The Morgan fingerprint density at radius 3 is 1.23 bits per heavy atom. The molecular weight excluding hydrogens is 948 g/mol. The second-order valence-corrected chi connectivity index (χ2v) is 22.8. The Balaban J connectivity index is 4.30. The summed E-state index contributed by atoms with van der Waals surface area (Å²) in [6.07, 6.45) is 83.1. The van der Waals surface area contributed by atoms with Crippen molar-refractivity contribution in [3.63, 3.8) is 0 Å². The number of likely N-dealkylation sites (N-methyl/N-ethyl adjacent to an activating group) is 1. The van der Waals surface area contributed by atoms with Crippen LogP contribution in [0, 0.1) is 0 Å². The highest BCUT2D eigenvalue weighted by Crippen LogP contribution is 2.43. The molecule has 0 rings (SSSR count). The SMILES string of the molecule is CC/C=C\C/C=C\C/C=C\C/C=C\C/C=C\C/C=C\C/C=C\C/C=C\CCCCCCCCC(=O)NC(COP(=O)(O)OCC[N+](C)(C)C)C(O)/C=C/CC/C=C/CCCCCCCCCCCCCCCCCC. The molecule has 0 aromatic rings. The van der Waals surface area contributed by atoms with Gasteiger partial charge in [0.25, 0.3) is 0 Å². The van der Waals surface area contributed by atoms with E-state index in [1.54, 1.807) is 6.08 Å². The molecule has 3 N–H and O–H groups in total. The molecule has 0 aromatic heterocycles. The van der Waals surface area contributed by atoms with E-state index in [1.165, 1.54) is 109 Å². The van der Waals surface area contributed by atoms with Gasteiger partial charge in [-0.3, -0.25) is 13.8 Å². The minimum absolute atomic E-state index is 0.0465. The number of allylic oxidation sites excluding steroid dienone is 19. The van der Waals surface area contributed by atoms with Crippen LogP contribution < -0.4 is 5.32 Å². The first kappa shape index (κ1) is 71.9. The van der Waals surface area contributed by atoms with Gasteiger partial charge in [0, 0.05) is 6.42 Å². The van der Waals surface area contributed by atoms with Gasteiger partial charge in [0.15, 0.2) is 0 Å². The van der Waals surface area contributed by atoms with Crippen molar-refractivity contribution in [3.05, 3.63) is 122 Å². The lowest BCUT2D eigenvalue weighted by atomic mass is 10.0. The summed E-state index contributed by atoms with van der Waals surface area (Å²) in [7, 11) is 1.53. The minimum Gasteiger partial charge on any atom is -0.387 e. The van der Waals surface area contributed by atoms with E-state index in [0.717, 1.165) is 109 Å². The third kappa shape index (κ3) is 58.4. The molecule has 9 heteroatoms. The standard InChI is InChI=1S/C66H115N2O6P/c1-6-8-10-12-14-16-18-20-22-24-26-28-30-31-32-33-34-35-36-37-38-40-42-44-46-48-50-52-54-56-58-60-66(70)67-64(63-74-75(71,72)73-62-61-68(3,4)5)65(69)59-57-55-53-51-49-47-45-43-41-39-29-27-25-23-21-19-17-15-13-11-9-7-2/h8,10,14,16,20,22,26,28,31-32,34-35,37-38,42,44,49,51,57,59,64-65,69H,6-7,9,11-13,15,17-19,21,23-25,27,29-30,33,36,39-41,43,45-48,50,52-56,58,60-63H2,1-5H3,(H-,67,70,71,72)/p+1/b10-8-,16-14-,22-20-,28-26-,32-31-,35-34-,38-37-,44-42-,51-49+,59-57+. The maximum atomic E-state index is 13.0. The summed E-state index contributed by atoms with van der Waals surface area (Å²) < 4.78 is 23.7. The van der Waals surface area contributed by atoms with Crippen molar-refractivity contribution in [2.75, 3.05) is 40.9 Å². The van der Waals surface area contributed by atoms with Gasteiger partial charge < -0.3 is 19.8 Å². The van der Waals surface area contributed by atoms with Crippen molar-refractivity contribution in [2.45, 2.75) is 251 Å². The van der Waals surface area contributed by atoms with Crippen molar-refractivity contribution in [1.29, 1.82) is 0 Å². The quantitative estimate of drug-likeness (QED) is 0.0243. The van der Waals surface area contributed by atoms with E-state index < -0.39 is 20.0 Å². The maximum absolute atomic E-state index is 13.0. The number of carbonyl (C=O) groups is 1. The van der Waals surface area contributed by atoms with Crippen LogP contribution in [0.1, 0.15) is 239 Å². The Hall–Kier alpha value is -3.10. The number of hydrogen-bond donors (Lipinski definition) is 3. The first-order valence-corrected chi connectivity index (χ1v) is 31.9. The fourth-order valence-corrected chi connectivity index (χ4v) is 8.93. The number of hydrogen-bond acceptors (Lipinski definition) is 5. The number of aliphatic hydroxyl groups excluding tert-OH is 1. The molecule has 1 amide bonds. The largest absolute Gasteiger partial charge is 0.472 e. The predicted octanol–water partition coefficient (Wildman–Crippen LogP) is 18.9. The number of phosphoric ester groups is 1. The lowest BCUT2D eigenvalue weighted by Crippen LogP contribution is -2.45. The molecule has 0 aliphatic carbocycles. The van der Waals surface area contributed by atoms with Crippen LogP contribution >= 0.6 is 7.82 Å². The molecule has 0 aliphatic rings. The van der Waals surface area contributed by atoms with Gasteiger partial charge in [-0.25, -0.2) is 4.57 Å². The second kappa shape index (κ2) is 55.6. The summed E-state index contributed by atoms with van der Waals surface area (Å²) in [6.45, 7) is 4.67. The van der Waals surface area contributed by atoms with Crippen molar-refractivity contribution in [1.82, 2.24) is 5.32 Å². The van der Waals surface area contributed by atoms with E-state index in [-0.39, 0.29) is 19.1 Å². The van der Waals surface area contributed by atoms with Crippen LogP contribution in [0.25, 0.3) is 0 Å². The summed E-state index contributed by atoms with van der Waals surface area (Å²) in [5, 5.41) is 13.9. The Morgan fingerprint density at radius 1 is 0.467 bits per heavy atom. The van der Waals surface area contributed by atoms with Crippen LogP contribution in [0.15, 0.2) is 122 Å². The molecule has 0 aliphatic heterocycles. The average molecular weight is 1060 g/mol. The van der Waals surface area contributed by atoms with E-state index in [2.05, 4.69) is 129 Å². The van der Waals surface area contributed by atoms with Gasteiger partial charge in [-0.05, 0) is 96.3 Å². The fraction of sp³-hybridized carbons (Fsp3) is 0.682. The van der Waals surface area contributed by atoms with Crippen LogP contribution in [-0.4, -0.2) is 73.4 Å². The Morgan fingerprint density at radius 2 is 0.813 bits per heavy atom. The number of rotatable bonds is 54.